The maximum atomic E-state index is 12.4. The Bertz CT molecular complexity index is 1140. The molecular weight excluding hydrogens is 388 g/mol. The second-order valence-corrected chi connectivity index (χ2v) is 7.19. The molecule has 0 aliphatic heterocycles. The molecule has 0 unspecified atom stereocenters. The number of halogens is 1. The van der Waals surface area contributed by atoms with Gasteiger partial charge in [-0.1, -0.05) is 29.8 Å². The Balaban J connectivity index is 1.51. The van der Waals surface area contributed by atoms with Gasteiger partial charge in [-0.25, -0.2) is 4.79 Å². The normalized spacial score (nSPS) is 11.0. The average Bonchev–Trinajstić information content (AvgIpc) is 3.27. The third-order valence-corrected chi connectivity index (χ3v) is 5.69. The van der Waals surface area contributed by atoms with Gasteiger partial charge in [-0.05, 0) is 30.3 Å². The van der Waals surface area contributed by atoms with Gasteiger partial charge < -0.3 is 13.9 Å². The molecular formula is C20H13ClO5S. The molecule has 0 atom stereocenters. The fraction of sp³-hybridized carbons (Fsp3) is 0.100. The van der Waals surface area contributed by atoms with Crippen LogP contribution in [-0.2, 0) is 4.74 Å². The van der Waals surface area contributed by atoms with Gasteiger partial charge in [-0.2, -0.15) is 0 Å². The van der Waals surface area contributed by atoms with Crippen molar-refractivity contribution in [3.63, 3.8) is 0 Å². The van der Waals surface area contributed by atoms with E-state index in [1.54, 1.807) is 37.4 Å². The van der Waals surface area contributed by atoms with Gasteiger partial charge in [0.1, 0.15) is 16.2 Å². The number of Topliss-reactive ketones (excluding diaryl/α,β-unsaturated/α-hetero) is 1. The lowest BCUT2D eigenvalue weighted by Gasteiger charge is -2.01. The van der Waals surface area contributed by atoms with E-state index in [1.807, 2.05) is 18.2 Å². The number of rotatable bonds is 5. The van der Waals surface area contributed by atoms with E-state index in [0.29, 0.717) is 16.4 Å². The molecule has 0 bridgehead atoms. The van der Waals surface area contributed by atoms with Gasteiger partial charge in [0.25, 0.3) is 0 Å². The molecule has 2 aromatic heterocycles. The standard InChI is InChI=1S/C20H13ClO5S/c1-24-12-6-7-13-17(9-12)27-19(18(13)21)20(23)25-10-14(22)16-8-11-4-2-3-5-15(11)26-16/h2-9H,10H2,1H3. The van der Waals surface area contributed by atoms with Crippen LogP contribution in [0.4, 0.5) is 0 Å². The quantitative estimate of drug-likeness (QED) is 0.334. The summed E-state index contributed by atoms with van der Waals surface area (Å²) in [4.78, 5) is 24.9. The second-order valence-electron chi connectivity index (χ2n) is 5.76. The Morgan fingerprint density at radius 3 is 2.74 bits per heavy atom. The van der Waals surface area contributed by atoms with Crippen LogP contribution in [0.3, 0.4) is 0 Å². The van der Waals surface area contributed by atoms with Crippen LogP contribution in [0.25, 0.3) is 21.1 Å². The number of fused-ring (bicyclic) bond motifs is 2. The van der Waals surface area contributed by atoms with Crippen LogP contribution in [0, 0.1) is 0 Å². The molecule has 0 N–H and O–H groups in total. The Labute approximate surface area is 163 Å². The number of hydrogen-bond donors (Lipinski definition) is 0. The molecule has 7 heteroatoms. The summed E-state index contributed by atoms with van der Waals surface area (Å²) in [5.74, 6) is -0.250. The number of carbonyl (C=O) groups is 2. The lowest BCUT2D eigenvalue weighted by atomic mass is 10.2. The lowest BCUT2D eigenvalue weighted by molar-refractivity contribution is 0.0473. The minimum atomic E-state index is -0.648. The summed E-state index contributed by atoms with van der Waals surface area (Å²) >= 11 is 7.49. The molecule has 2 aromatic carbocycles. The fourth-order valence-electron chi connectivity index (χ4n) is 2.69. The van der Waals surface area contributed by atoms with E-state index in [9.17, 15) is 9.59 Å². The number of ketones is 1. The summed E-state index contributed by atoms with van der Waals surface area (Å²) in [6, 6.07) is 14.2. The molecule has 0 saturated carbocycles. The highest BCUT2D eigenvalue weighted by Gasteiger charge is 2.21. The van der Waals surface area contributed by atoms with Crippen molar-refractivity contribution >= 4 is 55.7 Å². The first-order chi connectivity index (χ1) is 13.1. The van der Waals surface area contributed by atoms with Crippen molar-refractivity contribution in [2.45, 2.75) is 0 Å². The fourth-order valence-corrected chi connectivity index (χ4v) is 4.12. The van der Waals surface area contributed by atoms with E-state index < -0.39 is 18.4 Å². The average molecular weight is 401 g/mol. The SMILES string of the molecule is COc1ccc2c(Cl)c(C(=O)OCC(=O)c3cc4ccccc4o3)sc2c1. The number of furan rings is 1. The summed E-state index contributed by atoms with van der Waals surface area (Å²) in [5.41, 5.74) is 0.605. The van der Waals surface area contributed by atoms with Crippen LogP contribution < -0.4 is 4.74 Å². The minimum Gasteiger partial charge on any atom is -0.497 e. The monoisotopic (exact) mass is 400 g/mol. The molecule has 4 rings (SSSR count). The predicted octanol–water partition coefficient (Wildman–Crippen LogP) is 5.35. The lowest BCUT2D eigenvalue weighted by Crippen LogP contribution is -2.13. The first-order valence-electron chi connectivity index (χ1n) is 8.02. The molecule has 27 heavy (non-hydrogen) atoms. The largest absolute Gasteiger partial charge is 0.497 e. The zero-order chi connectivity index (χ0) is 19.0. The third-order valence-electron chi connectivity index (χ3n) is 4.06. The van der Waals surface area contributed by atoms with Crippen molar-refractivity contribution in [1.82, 2.24) is 0 Å². The number of esters is 1. The van der Waals surface area contributed by atoms with E-state index >= 15 is 0 Å². The molecule has 0 aliphatic carbocycles. The maximum Gasteiger partial charge on any atom is 0.350 e. The van der Waals surface area contributed by atoms with Crippen molar-refractivity contribution in [2.24, 2.45) is 0 Å². The molecule has 0 fully saturated rings. The minimum absolute atomic E-state index is 0.149. The van der Waals surface area contributed by atoms with Crippen molar-refractivity contribution in [1.29, 1.82) is 0 Å². The third kappa shape index (κ3) is 3.29. The number of benzene rings is 2. The molecule has 2 heterocycles. The van der Waals surface area contributed by atoms with Gasteiger partial charge in [0.15, 0.2) is 12.4 Å². The molecule has 136 valence electrons. The summed E-state index contributed by atoms with van der Waals surface area (Å²) in [5, 5.41) is 1.85. The summed E-state index contributed by atoms with van der Waals surface area (Å²) in [7, 11) is 1.56. The second kappa shape index (κ2) is 7.06. The molecule has 0 saturated heterocycles. The van der Waals surface area contributed by atoms with Gasteiger partial charge in [0, 0.05) is 15.5 Å². The van der Waals surface area contributed by atoms with Crippen LogP contribution in [-0.4, -0.2) is 25.5 Å². The van der Waals surface area contributed by atoms with Crippen LogP contribution in [0.5, 0.6) is 5.75 Å². The number of ether oxygens (including phenoxy) is 2. The van der Waals surface area contributed by atoms with Crippen molar-refractivity contribution in [3.8, 4) is 5.75 Å². The molecule has 0 aliphatic rings. The van der Waals surface area contributed by atoms with E-state index in [1.165, 1.54) is 11.3 Å². The molecule has 0 amide bonds. The Hall–Kier alpha value is -2.83. The van der Waals surface area contributed by atoms with Crippen molar-refractivity contribution in [2.75, 3.05) is 13.7 Å². The molecule has 5 nitrogen and oxygen atoms in total. The van der Waals surface area contributed by atoms with Crippen LogP contribution in [0.2, 0.25) is 5.02 Å². The number of para-hydroxylation sites is 1. The number of thiophene rings is 1. The van der Waals surface area contributed by atoms with E-state index in [-0.39, 0.29) is 10.6 Å². The van der Waals surface area contributed by atoms with Crippen LogP contribution >= 0.6 is 22.9 Å². The zero-order valence-corrected chi connectivity index (χ0v) is 15.7. The van der Waals surface area contributed by atoms with E-state index in [4.69, 9.17) is 25.5 Å². The predicted molar refractivity (Wildman–Crippen MR) is 104 cm³/mol. The maximum absolute atomic E-state index is 12.4. The van der Waals surface area contributed by atoms with Gasteiger partial charge in [0.2, 0.25) is 5.78 Å². The number of methoxy groups -OCH3 is 1. The first-order valence-corrected chi connectivity index (χ1v) is 9.21. The highest BCUT2D eigenvalue weighted by molar-refractivity contribution is 7.21. The summed E-state index contributed by atoms with van der Waals surface area (Å²) in [6.07, 6.45) is 0. The zero-order valence-electron chi connectivity index (χ0n) is 14.2. The summed E-state index contributed by atoms with van der Waals surface area (Å²) in [6.45, 7) is -0.424. The van der Waals surface area contributed by atoms with E-state index in [0.717, 1.165) is 15.5 Å². The van der Waals surface area contributed by atoms with Crippen molar-refractivity contribution in [3.05, 3.63) is 64.2 Å². The summed E-state index contributed by atoms with van der Waals surface area (Å²) < 4.78 is 16.6. The van der Waals surface area contributed by atoms with Gasteiger partial charge in [-0.3, -0.25) is 4.79 Å². The van der Waals surface area contributed by atoms with Crippen LogP contribution in [0.1, 0.15) is 20.2 Å². The van der Waals surface area contributed by atoms with Gasteiger partial charge in [-0.15, -0.1) is 11.3 Å². The smallest absolute Gasteiger partial charge is 0.350 e. The molecule has 4 aromatic rings. The molecule has 0 radical (unpaired) electrons. The Morgan fingerprint density at radius 1 is 1.15 bits per heavy atom. The molecule has 0 spiro atoms. The topological polar surface area (TPSA) is 65.7 Å². The Morgan fingerprint density at radius 2 is 1.96 bits per heavy atom. The first kappa shape index (κ1) is 17.6. The number of hydrogen-bond acceptors (Lipinski definition) is 6. The van der Waals surface area contributed by atoms with Crippen LogP contribution in [0.15, 0.2) is 52.9 Å². The van der Waals surface area contributed by atoms with Crippen molar-refractivity contribution < 1.29 is 23.5 Å². The van der Waals surface area contributed by atoms with Gasteiger partial charge >= 0.3 is 5.97 Å². The van der Waals surface area contributed by atoms with E-state index in [2.05, 4.69) is 0 Å². The van der Waals surface area contributed by atoms with Gasteiger partial charge in [0.05, 0.1) is 12.1 Å². The highest BCUT2D eigenvalue weighted by Crippen LogP contribution is 2.37. The Kier molecular flexibility index (Phi) is 4.59. The number of carbonyl (C=O) groups excluding carboxylic acids is 2. The highest BCUT2D eigenvalue weighted by atomic mass is 35.5.